The molecule has 0 bridgehead atoms. The maximum absolute atomic E-state index is 5.93. The monoisotopic (exact) mass is 333 g/mol. The summed E-state index contributed by atoms with van der Waals surface area (Å²) in [6, 6.07) is 5.82. The van der Waals surface area contributed by atoms with E-state index in [0.29, 0.717) is 12.2 Å². The van der Waals surface area contributed by atoms with Crippen LogP contribution in [0.15, 0.2) is 30.6 Å². The minimum absolute atomic E-state index is 0.673. The van der Waals surface area contributed by atoms with Crippen molar-refractivity contribution in [2.45, 2.75) is 6.54 Å². The predicted molar refractivity (Wildman–Crippen MR) is 69.9 cm³/mol. The van der Waals surface area contributed by atoms with Crippen molar-refractivity contribution in [3.05, 3.63) is 44.7 Å². The fourth-order valence-electron chi connectivity index (χ4n) is 1.31. The summed E-state index contributed by atoms with van der Waals surface area (Å²) in [7, 11) is 0. The molecular weight excluding hydrogens is 324 g/mol. The number of anilines is 1. The third-order valence-corrected chi connectivity index (χ3v) is 3.28. The lowest BCUT2D eigenvalue weighted by atomic mass is 10.2. The zero-order valence-electron chi connectivity index (χ0n) is 7.82. The number of halogens is 2. The van der Waals surface area contributed by atoms with Crippen molar-refractivity contribution in [2.75, 3.05) is 5.73 Å². The first kappa shape index (κ1) is 10.8. The van der Waals surface area contributed by atoms with Gasteiger partial charge in [0.15, 0.2) is 0 Å². The van der Waals surface area contributed by atoms with Crippen LogP contribution in [0.25, 0.3) is 0 Å². The van der Waals surface area contributed by atoms with Gasteiger partial charge in [-0.25, -0.2) is 0 Å². The first-order chi connectivity index (χ1) is 7.15. The maximum atomic E-state index is 5.93. The lowest BCUT2D eigenvalue weighted by Gasteiger charge is -2.05. The number of nitrogen functional groups attached to an aromatic ring is 1. The Kier molecular flexibility index (Phi) is 3.16. The molecule has 1 aromatic carbocycles. The molecule has 0 saturated heterocycles. The van der Waals surface area contributed by atoms with E-state index in [1.54, 1.807) is 17.1 Å². The molecule has 2 aromatic rings. The van der Waals surface area contributed by atoms with Gasteiger partial charge in [-0.2, -0.15) is 5.10 Å². The van der Waals surface area contributed by atoms with Gasteiger partial charge in [0, 0.05) is 14.8 Å². The van der Waals surface area contributed by atoms with Gasteiger partial charge in [0.05, 0.1) is 18.4 Å². The summed E-state index contributed by atoms with van der Waals surface area (Å²) in [5.74, 6) is 0. The largest absolute Gasteiger partial charge is 0.396 e. The van der Waals surface area contributed by atoms with E-state index in [1.165, 1.54) is 3.57 Å². The highest BCUT2D eigenvalue weighted by Gasteiger charge is 2.02. The van der Waals surface area contributed by atoms with Gasteiger partial charge in [-0.1, -0.05) is 11.6 Å². The fourth-order valence-corrected chi connectivity index (χ4v) is 2.01. The number of nitrogens with two attached hydrogens (primary N) is 1. The Hall–Kier alpha value is -0.750. The highest BCUT2D eigenvalue weighted by atomic mass is 127. The normalized spacial score (nSPS) is 10.5. The fraction of sp³-hybridized carbons (Fsp3) is 0.100. The third-order valence-electron chi connectivity index (χ3n) is 1.99. The summed E-state index contributed by atoms with van der Waals surface area (Å²) in [5.41, 5.74) is 7.41. The molecule has 78 valence electrons. The van der Waals surface area contributed by atoms with Crippen LogP contribution in [0.4, 0.5) is 5.69 Å². The molecule has 0 unspecified atom stereocenters. The molecule has 0 fully saturated rings. The Labute approximate surface area is 106 Å². The SMILES string of the molecule is Nc1cnn(Cc2cc(Cl)ccc2I)c1. The zero-order valence-corrected chi connectivity index (χ0v) is 10.7. The minimum Gasteiger partial charge on any atom is -0.396 e. The topological polar surface area (TPSA) is 43.8 Å². The van der Waals surface area contributed by atoms with Gasteiger partial charge in [-0.3, -0.25) is 4.68 Å². The summed E-state index contributed by atoms with van der Waals surface area (Å²) in [6.07, 6.45) is 3.44. The van der Waals surface area contributed by atoms with Crippen LogP contribution in [-0.2, 0) is 6.54 Å². The molecule has 2 rings (SSSR count). The summed E-state index contributed by atoms with van der Waals surface area (Å²) < 4.78 is 2.97. The van der Waals surface area contributed by atoms with Gasteiger partial charge in [-0.05, 0) is 46.4 Å². The van der Waals surface area contributed by atoms with Crippen LogP contribution in [-0.4, -0.2) is 9.78 Å². The van der Waals surface area contributed by atoms with Crippen molar-refractivity contribution in [3.63, 3.8) is 0 Å². The molecule has 3 nitrogen and oxygen atoms in total. The second-order valence-electron chi connectivity index (χ2n) is 3.21. The van der Waals surface area contributed by atoms with Crippen molar-refractivity contribution in [3.8, 4) is 0 Å². The van der Waals surface area contributed by atoms with Gasteiger partial charge in [0.1, 0.15) is 0 Å². The number of hydrogen-bond donors (Lipinski definition) is 1. The van der Waals surface area contributed by atoms with Crippen LogP contribution in [0.5, 0.6) is 0 Å². The second kappa shape index (κ2) is 4.40. The molecule has 0 amide bonds. The van der Waals surface area contributed by atoms with E-state index in [-0.39, 0.29) is 0 Å². The molecule has 0 aliphatic heterocycles. The Morgan fingerprint density at radius 3 is 2.93 bits per heavy atom. The predicted octanol–water partition coefficient (Wildman–Crippen LogP) is 2.77. The van der Waals surface area contributed by atoms with Gasteiger partial charge in [0.25, 0.3) is 0 Å². The van der Waals surface area contributed by atoms with Crippen molar-refractivity contribution in [1.82, 2.24) is 9.78 Å². The molecule has 0 aliphatic carbocycles. The average Bonchev–Trinajstić information content (AvgIpc) is 2.58. The van der Waals surface area contributed by atoms with Crippen molar-refractivity contribution >= 4 is 39.9 Å². The number of benzene rings is 1. The molecule has 1 heterocycles. The van der Waals surface area contributed by atoms with Crippen LogP contribution >= 0.6 is 34.2 Å². The molecule has 0 spiro atoms. The standard InChI is InChI=1S/C10H9ClIN3/c11-8-1-2-10(12)7(3-8)5-15-6-9(13)4-14-15/h1-4,6H,5,13H2. The van der Waals surface area contributed by atoms with Crippen molar-refractivity contribution in [2.24, 2.45) is 0 Å². The first-order valence-electron chi connectivity index (χ1n) is 4.37. The number of rotatable bonds is 2. The third kappa shape index (κ3) is 2.63. The highest BCUT2D eigenvalue weighted by Crippen LogP contribution is 2.18. The summed E-state index contributed by atoms with van der Waals surface area (Å²) in [6.45, 7) is 0.691. The molecule has 0 aliphatic rings. The second-order valence-corrected chi connectivity index (χ2v) is 4.81. The van der Waals surface area contributed by atoms with Crippen LogP contribution in [0, 0.1) is 3.57 Å². The lowest BCUT2D eigenvalue weighted by molar-refractivity contribution is 0.685. The van der Waals surface area contributed by atoms with E-state index < -0.39 is 0 Å². The molecular formula is C10H9ClIN3. The quantitative estimate of drug-likeness (QED) is 0.859. The van der Waals surface area contributed by atoms with E-state index in [9.17, 15) is 0 Å². The number of nitrogens with zero attached hydrogens (tertiary/aromatic N) is 2. The van der Waals surface area contributed by atoms with Crippen LogP contribution in [0.1, 0.15) is 5.56 Å². The van der Waals surface area contributed by atoms with Crippen LogP contribution in [0.3, 0.4) is 0 Å². The Bertz CT molecular complexity index is 481. The smallest absolute Gasteiger partial charge is 0.0719 e. The number of hydrogen-bond acceptors (Lipinski definition) is 2. The maximum Gasteiger partial charge on any atom is 0.0719 e. The Morgan fingerprint density at radius 1 is 1.47 bits per heavy atom. The lowest BCUT2D eigenvalue weighted by Crippen LogP contribution is -2.01. The summed E-state index contributed by atoms with van der Waals surface area (Å²) in [4.78, 5) is 0. The minimum atomic E-state index is 0.673. The molecule has 5 heteroatoms. The molecule has 1 aromatic heterocycles. The van der Waals surface area contributed by atoms with E-state index in [0.717, 1.165) is 10.6 Å². The highest BCUT2D eigenvalue weighted by molar-refractivity contribution is 14.1. The van der Waals surface area contributed by atoms with E-state index in [2.05, 4.69) is 27.7 Å². The van der Waals surface area contributed by atoms with Gasteiger partial charge < -0.3 is 5.73 Å². The number of aromatic nitrogens is 2. The van der Waals surface area contributed by atoms with Gasteiger partial charge in [-0.15, -0.1) is 0 Å². The average molecular weight is 334 g/mol. The molecule has 15 heavy (non-hydrogen) atoms. The van der Waals surface area contributed by atoms with Gasteiger partial charge >= 0.3 is 0 Å². The van der Waals surface area contributed by atoms with Gasteiger partial charge in [0.2, 0.25) is 0 Å². The van der Waals surface area contributed by atoms with Crippen LogP contribution < -0.4 is 5.73 Å². The summed E-state index contributed by atoms with van der Waals surface area (Å²) in [5, 5.41) is 4.87. The van der Waals surface area contributed by atoms with Crippen molar-refractivity contribution < 1.29 is 0 Å². The molecule has 0 atom stereocenters. The molecule has 0 saturated carbocycles. The van der Waals surface area contributed by atoms with Crippen LogP contribution in [0.2, 0.25) is 5.02 Å². The van der Waals surface area contributed by atoms with Crippen molar-refractivity contribution in [1.29, 1.82) is 0 Å². The van der Waals surface area contributed by atoms with E-state index >= 15 is 0 Å². The Balaban J connectivity index is 2.27. The zero-order chi connectivity index (χ0) is 10.8. The molecule has 0 radical (unpaired) electrons. The van der Waals surface area contributed by atoms with E-state index in [4.69, 9.17) is 17.3 Å². The summed E-state index contributed by atoms with van der Waals surface area (Å²) >= 11 is 8.21. The Morgan fingerprint density at radius 2 is 2.27 bits per heavy atom. The van der Waals surface area contributed by atoms with E-state index in [1.807, 2.05) is 18.2 Å². The molecule has 2 N–H and O–H groups in total. The first-order valence-corrected chi connectivity index (χ1v) is 5.82.